The van der Waals surface area contributed by atoms with Gasteiger partial charge in [-0.2, -0.15) is 0 Å². The Bertz CT molecular complexity index is 413. The molecule has 0 bridgehead atoms. The first kappa shape index (κ1) is 12.9. The van der Waals surface area contributed by atoms with Gasteiger partial charge in [-0.15, -0.1) is 0 Å². The summed E-state index contributed by atoms with van der Waals surface area (Å²) in [5, 5.41) is 3.52. The molecule has 4 heteroatoms. The van der Waals surface area contributed by atoms with Crippen LogP contribution in [0.5, 0.6) is 0 Å². The second-order valence-corrected chi connectivity index (χ2v) is 5.68. The summed E-state index contributed by atoms with van der Waals surface area (Å²) in [5.41, 5.74) is 2.64. The average molecular weight is 260 g/mol. The van der Waals surface area contributed by atoms with Gasteiger partial charge in [-0.05, 0) is 64.6 Å². The van der Waals surface area contributed by atoms with E-state index in [4.69, 9.17) is 0 Å². The van der Waals surface area contributed by atoms with Crippen molar-refractivity contribution in [2.45, 2.75) is 44.9 Å². The average Bonchev–Trinajstić information content (AvgIpc) is 2.97. The molecule has 1 aliphatic carbocycles. The molecule has 3 rings (SSSR count). The van der Waals surface area contributed by atoms with Gasteiger partial charge in [0.15, 0.2) is 0 Å². The van der Waals surface area contributed by atoms with Crippen molar-refractivity contribution in [1.82, 2.24) is 14.9 Å². The van der Waals surface area contributed by atoms with Gasteiger partial charge in [0.2, 0.25) is 0 Å². The summed E-state index contributed by atoms with van der Waals surface area (Å²) in [4.78, 5) is 11.4. The zero-order valence-corrected chi connectivity index (χ0v) is 11.7. The van der Waals surface area contributed by atoms with Gasteiger partial charge in [0.05, 0.1) is 0 Å². The van der Waals surface area contributed by atoms with E-state index in [9.17, 15) is 0 Å². The number of aromatic nitrogens is 2. The Morgan fingerprint density at radius 3 is 2.79 bits per heavy atom. The van der Waals surface area contributed by atoms with Crippen LogP contribution in [0.2, 0.25) is 0 Å². The number of likely N-dealkylation sites (tertiary alicyclic amines) is 1. The monoisotopic (exact) mass is 260 g/mol. The summed E-state index contributed by atoms with van der Waals surface area (Å²) < 4.78 is 0. The summed E-state index contributed by atoms with van der Waals surface area (Å²) >= 11 is 0. The molecular formula is C15H24N4. The van der Waals surface area contributed by atoms with E-state index in [2.05, 4.69) is 20.2 Å². The van der Waals surface area contributed by atoms with Crippen molar-refractivity contribution in [1.29, 1.82) is 0 Å². The molecule has 4 nitrogen and oxygen atoms in total. The summed E-state index contributed by atoms with van der Waals surface area (Å²) in [7, 11) is 0. The zero-order valence-electron chi connectivity index (χ0n) is 11.7. The molecule has 1 aliphatic heterocycles. The molecule has 0 unspecified atom stereocenters. The predicted octanol–water partition coefficient (Wildman–Crippen LogP) is 2.25. The van der Waals surface area contributed by atoms with Gasteiger partial charge < -0.3 is 10.2 Å². The highest BCUT2D eigenvalue weighted by atomic mass is 15.1. The number of rotatable bonds is 5. The fraction of sp³-hybridized carbons (Fsp3) is 0.733. The molecule has 0 atom stereocenters. The van der Waals surface area contributed by atoms with Gasteiger partial charge in [0.1, 0.15) is 12.1 Å². The molecule has 0 saturated carbocycles. The van der Waals surface area contributed by atoms with Crippen LogP contribution in [0.15, 0.2) is 6.33 Å². The minimum atomic E-state index is 1.03. The van der Waals surface area contributed by atoms with Crippen LogP contribution in [-0.4, -0.2) is 41.0 Å². The third kappa shape index (κ3) is 3.24. The van der Waals surface area contributed by atoms with E-state index in [0.29, 0.717) is 0 Å². The molecule has 0 radical (unpaired) electrons. The second kappa shape index (κ2) is 6.33. The van der Waals surface area contributed by atoms with Gasteiger partial charge in [-0.3, -0.25) is 0 Å². The highest BCUT2D eigenvalue weighted by Gasteiger charge is 2.15. The zero-order chi connectivity index (χ0) is 12.9. The lowest BCUT2D eigenvalue weighted by atomic mass is 9.96. The van der Waals surface area contributed by atoms with Gasteiger partial charge in [0.25, 0.3) is 0 Å². The number of hydrogen-bond donors (Lipinski definition) is 1. The Labute approximate surface area is 115 Å². The number of nitrogens with one attached hydrogen (secondary N) is 1. The number of hydrogen-bond acceptors (Lipinski definition) is 4. The molecule has 0 amide bonds. The van der Waals surface area contributed by atoms with Gasteiger partial charge in [-0.1, -0.05) is 0 Å². The smallest absolute Gasteiger partial charge is 0.132 e. The minimum Gasteiger partial charge on any atom is -0.370 e. The molecule has 1 aromatic rings. The first-order valence-corrected chi connectivity index (χ1v) is 7.72. The number of fused-ring (bicyclic) bond motifs is 1. The normalized spacial score (nSPS) is 19.4. The SMILES string of the molecule is c1nc2c(c(NCCCN3CCCC3)n1)CCCC2. The molecular weight excluding hydrogens is 236 g/mol. The fourth-order valence-corrected chi connectivity index (χ4v) is 3.19. The van der Waals surface area contributed by atoms with Crippen LogP contribution in [0.4, 0.5) is 5.82 Å². The topological polar surface area (TPSA) is 41.1 Å². The van der Waals surface area contributed by atoms with Gasteiger partial charge in [-0.25, -0.2) is 9.97 Å². The van der Waals surface area contributed by atoms with E-state index in [1.807, 2.05) is 0 Å². The Balaban J connectivity index is 1.49. The third-order valence-corrected chi connectivity index (χ3v) is 4.27. The molecule has 1 N–H and O–H groups in total. The Hall–Kier alpha value is -1.16. The number of nitrogens with zero attached hydrogens (tertiary/aromatic N) is 3. The fourth-order valence-electron chi connectivity index (χ4n) is 3.19. The van der Waals surface area contributed by atoms with E-state index in [0.717, 1.165) is 25.2 Å². The van der Waals surface area contributed by atoms with Crippen molar-refractivity contribution in [2.24, 2.45) is 0 Å². The standard InChI is InChI=1S/C15H24N4/c1-2-7-14-13(6-1)15(18-12-17-14)16-8-5-11-19-9-3-4-10-19/h12H,1-11H2,(H,16,17,18). The molecule has 0 aromatic carbocycles. The lowest BCUT2D eigenvalue weighted by Gasteiger charge is -2.19. The highest BCUT2D eigenvalue weighted by molar-refractivity contribution is 5.46. The van der Waals surface area contributed by atoms with Crippen LogP contribution < -0.4 is 5.32 Å². The van der Waals surface area contributed by atoms with Gasteiger partial charge >= 0.3 is 0 Å². The predicted molar refractivity (Wildman–Crippen MR) is 77.5 cm³/mol. The molecule has 0 spiro atoms. The van der Waals surface area contributed by atoms with Crippen molar-refractivity contribution in [2.75, 3.05) is 31.5 Å². The quantitative estimate of drug-likeness (QED) is 0.825. The lowest BCUT2D eigenvalue weighted by molar-refractivity contribution is 0.337. The largest absolute Gasteiger partial charge is 0.370 e. The van der Waals surface area contributed by atoms with E-state index in [1.165, 1.54) is 63.0 Å². The van der Waals surface area contributed by atoms with Crippen LogP contribution in [0, 0.1) is 0 Å². The molecule has 104 valence electrons. The Morgan fingerprint density at radius 1 is 1.05 bits per heavy atom. The molecule has 2 heterocycles. The van der Waals surface area contributed by atoms with Crippen LogP contribution in [0.1, 0.15) is 43.4 Å². The maximum Gasteiger partial charge on any atom is 0.132 e. The first-order chi connectivity index (χ1) is 9.43. The van der Waals surface area contributed by atoms with Gasteiger partial charge in [0, 0.05) is 17.8 Å². The molecule has 1 aromatic heterocycles. The maximum absolute atomic E-state index is 4.43. The van der Waals surface area contributed by atoms with E-state index in [1.54, 1.807) is 6.33 Å². The number of anilines is 1. The minimum absolute atomic E-state index is 1.03. The highest BCUT2D eigenvalue weighted by Crippen LogP contribution is 2.24. The van der Waals surface area contributed by atoms with Crippen molar-refractivity contribution >= 4 is 5.82 Å². The summed E-state index contributed by atoms with van der Waals surface area (Å²) in [6.45, 7) is 4.84. The first-order valence-electron chi connectivity index (χ1n) is 7.72. The number of aryl methyl sites for hydroxylation is 1. The summed E-state index contributed by atoms with van der Waals surface area (Å²) in [6.07, 6.45) is 10.5. The van der Waals surface area contributed by atoms with Crippen LogP contribution in [-0.2, 0) is 12.8 Å². The van der Waals surface area contributed by atoms with Crippen molar-refractivity contribution in [3.05, 3.63) is 17.6 Å². The van der Waals surface area contributed by atoms with E-state index >= 15 is 0 Å². The van der Waals surface area contributed by atoms with Crippen molar-refractivity contribution in [3.8, 4) is 0 Å². The van der Waals surface area contributed by atoms with E-state index < -0.39 is 0 Å². The molecule has 19 heavy (non-hydrogen) atoms. The van der Waals surface area contributed by atoms with Crippen LogP contribution >= 0.6 is 0 Å². The lowest BCUT2D eigenvalue weighted by Crippen LogP contribution is -2.22. The van der Waals surface area contributed by atoms with Crippen LogP contribution in [0.25, 0.3) is 0 Å². The van der Waals surface area contributed by atoms with Crippen molar-refractivity contribution < 1.29 is 0 Å². The van der Waals surface area contributed by atoms with Crippen LogP contribution in [0.3, 0.4) is 0 Å². The molecule has 1 fully saturated rings. The Morgan fingerprint density at radius 2 is 1.89 bits per heavy atom. The third-order valence-electron chi connectivity index (χ3n) is 4.27. The summed E-state index contributed by atoms with van der Waals surface area (Å²) in [5.74, 6) is 1.09. The molecule has 2 aliphatic rings. The molecule has 1 saturated heterocycles. The van der Waals surface area contributed by atoms with E-state index in [-0.39, 0.29) is 0 Å². The summed E-state index contributed by atoms with van der Waals surface area (Å²) in [6, 6.07) is 0. The van der Waals surface area contributed by atoms with Crippen molar-refractivity contribution in [3.63, 3.8) is 0 Å². The Kier molecular flexibility index (Phi) is 4.28. The maximum atomic E-state index is 4.43. The second-order valence-electron chi connectivity index (χ2n) is 5.68.